The molecule has 0 bridgehead atoms. The second-order valence-electron chi connectivity index (χ2n) is 6.42. The summed E-state index contributed by atoms with van der Waals surface area (Å²) in [5.74, 6) is 0.165. The van der Waals surface area contributed by atoms with Gasteiger partial charge < -0.3 is 8.83 Å². The van der Waals surface area contributed by atoms with Crippen molar-refractivity contribution >= 4 is 27.7 Å². The lowest BCUT2D eigenvalue weighted by Crippen LogP contribution is -2.03. The molecule has 0 aliphatic carbocycles. The fraction of sp³-hybridized carbons (Fsp3) is 0.182. The quantitative estimate of drug-likeness (QED) is 0.384. The molecule has 0 amide bonds. The summed E-state index contributed by atoms with van der Waals surface area (Å²) >= 11 is 0. The minimum Gasteiger partial charge on any atom is -0.452 e. The Morgan fingerprint density at radius 1 is 1.04 bits per heavy atom. The number of fused-ring (bicyclic) bond motifs is 3. The first kappa shape index (κ1) is 16.3. The molecule has 4 nitrogen and oxygen atoms in total. The van der Waals surface area contributed by atoms with Crippen LogP contribution in [-0.4, -0.2) is 5.78 Å². The van der Waals surface area contributed by atoms with Crippen molar-refractivity contribution in [2.24, 2.45) is 0 Å². The van der Waals surface area contributed by atoms with Gasteiger partial charge in [0.2, 0.25) is 5.78 Å². The van der Waals surface area contributed by atoms with Crippen LogP contribution in [0.15, 0.2) is 62.2 Å². The molecule has 0 atom stereocenters. The van der Waals surface area contributed by atoms with E-state index in [-0.39, 0.29) is 5.78 Å². The molecule has 0 saturated carbocycles. The second-order valence-corrected chi connectivity index (χ2v) is 6.42. The van der Waals surface area contributed by atoms with Gasteiger partial charge in [0.25, 0.3) is 0 Å². The van der Waals surface area contributed by atoms with Gasteiger partial charge in [-0.05, 0) is 31.0 Å². The maximum atomic E-state index is 13.0. The number of carbonyl (C=O) groups excluding carboxylic acids is 1. The van der Waals surface area contributed by atoms with Crippen LogP contribution in [0.5, 0.6) is 0 Å². The third kappa shape index (κ3) is 2.54. The summed E-state index contributed by atoms with van der Waals surface area (Å²) in [6.07, 6.45) is 1.51. The third-order valence-corrected chi connectivity index (χ3v) is 4.61. The molecule has 0 radical (unpaired) electrons. The van der Waals surface area contributed by atoms with Gasteiger partial charge >= 0.3 is 5.63 Å². The molecule has 0 aliphatic heterocycles. The number of furan rings is 1. The molecule has 0 saturated heterocycles. The lowest BCUT2D eigenvalue weighted by Gasteiger charge is -2.04. The monoisotopic (exact) mass is 346 g/mol. The predicted molar refractivity (Wildman–Crippen MR) is 101 cm³/mol. The highest BCUT2D eigenvalue weighted by molar-refractivity contribution is 6.14. The van der Waals surface area contributed by atoms with Crippen molar-refractivity contribution in [2.45, 2.75) is 26.7 Å². The molecular formula is C22H18O4. The zero-order valence-corrected chi connectivity index (χ0v) is 14.7. The standard InChI is InChI=1S/C22H18O4/c1-3-7-16-19-17(11-10-15-13(2)12-18(23)26-21(15)19)25-22(16)20(24)14-8-5-4-6-9-14/h4-6,8-12H,3,7H2,1-2H3. The van der Waals surface area contributed by atoms with Gasteiger partial charge in [0.15, 0.2) is 5.76 Å². The van der Waals surface area contributed by atoms with E-state index in [4.69, 9.17) is 8.83 Å². The molecule has 4 aromatic rings. The van der Waals surface area contributed by atoms with Gasteiger partial charge in [-0.25, -0.2) is 4.79 Å². The number of hydrogen-bond donors (Lipinski definition) is 0. The summed E-state index contributed by atoms with van der Waals surface area (Å²) in [4.78, 5) is 24.9. The minimum absolute atomic E-state index is 0.159. The molecule has 0 fully saturated rings. The Morgan fingerprint density at radius 3 is 2.54 bits per heavy atom. The van der Waals surface area contributed by atoms with Crippen LogP contribution < -0.4 is 5.63 Å². The van der Waals surface area contributed by atoms with Crippen LogP contribution in [0.25, 0.3) is 21.9 Å². The summed E-state index contributed by atoms with van der Waals surface area (Å²) < 4.78 is 11.5. The average Bonchev–Trinajstić information content (AvgIpc) is 3.01. The molecule has 26 heavy (non-hydrogen) atoms. The lowest BCUT2D eigenvalue weighted by atomic mass is 9.99. The number of hydrogen-bond acceptors (Lipinski definition) is 4. The van der Waals surface area contributed by atoms with Gasteiger partial charge in [-0.3, -0.25) is 4.79 Å². The Kier molecular flexibility index (Phi) is 3.96. The number of benzene rings is 2. The van der Waals surface area contributed by atoms with E-state index < -0.39 is 5.63 Å². The van der Waals surface area contributed by atoms with Gasteiger partial charge in [0, 0.05) is 22.6 Å². The van der Waals surface area contributed by atoms with Crippen LogP contribution in [0.3, 0.4) is 0 Å². The van der Waals surface area contributed by atoms with E-state index in [1.165, 1.54) is 6.07 Å². The van der Waals surface area contributed by atoms with Gasteiger partial charge in [-0.15, -0.1) is 0 Å². The molecule has 0 aliphatic rings. The van der Waals surface area contributed by atoms with E-state index in [0.717, 1.165) is 28.3 Å². The van der Waals surface area contributed by atoms with Crippen molar-refractivity contribution in [3.63, 3.8) is 0 Å². The Labute approximate surface area is 150 Å². The van der Waals surface area contributed by atoms with E-state index in [9.17, 15) is 9.59 Å². The molecule has 0 spiro atoms. The van der Waals surface area contributed by atoms with Crippen molar-refractivity contribution in [3.8, 4) is 0 Å². The molecule has 130 valence electrons. The molecule has 2 aromatic heterocycles. The second kappa shape index (κ2) is 6.30. The van der Waals surface area contributed by atoms with Crippen molar-refractivity contribution in [3.05, 3.63) is 81.4 Å². The maximum Gasteiger partial charge on any atom is 0.336 e. The van der Waals surface area contributed by atoms with Crippen LogP contribution in [0, 0.1) is 6.92 Å². The zero-order valence-electron chi connectivity index (χ0n) is 14.7. The van der Waals surface area contributed by atoms with Crippen LogP contribution >= 0.6 is 0 Å². The first-order chi connectivity index (χ1) is 12.6. The Bertz CT molecular complexity index is 1180. The number of ketones is 1. The van der Waals surface area contributed by atoms with E-state index >= 15 is 0 Å². The Hall–Kier alpha value is -3.14. The van der Waals surface area contributed by atoms with Crippen LogP contribution in [0.4, 0.5) is 0 Å². The van der Waals surface area contributed by atoms with E-state index in [2.05, 4.69) is 0 Å². The van der Waals surface area contributed by atoms with Crippen molar-refractivity contribution < 1.29 is 13.6 Å². The highest BCUT2D eigenvalue weighted by Gasteiger charge is 2.24. The fourth-order valence-electron chi connectivity index (χ4n) is 3.41. The highest BCUT2D eigenvalue weighted by atomic mass is 16.4. The summed E-state index contributed by atoms with van der Waals surface area (Å²) in [6.45, 7) is 3.92. The molecule has 0 N–H and O–H groups in total. The summed E-state index contributed by atoms with van der Waals surface area (Å²) in [5.41, 5.74) is 2.88. The van der Waals surface area contributed by atoms with E-state index in [0.29, 0.717) is 28.9 Å². The molecule has 0 unspecified atom stereocenters. The first-order valence-electron chi connectivity index (χ1n) is 8.68. The molecular weight excluding hydrogens is 328 g/mol. The summed E-state index contributed by atoms with van der Waals surface area (Å²) in [7, 11) is 0. The Morgan fingerprint density at radius 2 is 1.81 bits per heavy atom. The largest absolute Gasteiger partial charge is 0.452 e. The number of rotatable bonds is 4. The normalized spacial score (nSPS) is 11.3. The van der Waals surface area contributed by atoms with Gasteiger partial charge in [-0.1, -0.05) is 43.7 Å². The van der Waals surface area contributed by atoms with Gasteiger partial charge in [0.1, 0.15) is 11.2 Å². The van der Waals surface area contributed by atoms with Crippen LogP contribution in [-0.2, 0) is 6.42 Å². The van der Waals surface area contributed by atoms with E-state index in [1.807, 2.05) is 44.2 Å². The summed E-state index contributed by atoms with van der Waals surface area (Å²) in [5, 5.41) is 1.58. The third-order valence-electron chi connectivity index (χ3n) is 4.61. The Balaban J connectivity index is 2.06. The van der Waals surface area contributed by atoms with Crippen LogP contribution in [0.2, 0.25) is 0 Å². The SMILES string of the molecule is CCCc1c(C(=O)c2ccccc2)oc2ccc3c(C)cc(=O)oc3c12. The molecule has 2 aromatic carbocycles. The molecule has 4 heteroatoms. The van der Waals surface area contributed by atoms with Crippen molar-refractivity contribution in [2.75, 3.05) is 0 Å². The first-order valence-corrected chi connectivity index (χ1v) is 8.68. The number of carbonyl (C=O) groups is 1. The predicted octanol–water partition coefficient (Wildman–Crippen LogP) is 5.03. The van der Waals surface area contributed by atoms with E-state index in [1.54, 1.807) is 12.1 Å². The number of aryl methyl sites for hydroxylation is 2. The average molecular weight is 346 g/mol. The minimum atomic E-state index is -0.401. The van der Waals surface area contributed by atoms with Crippen LogP contribution in [0.1, 0.15) is 40.6 Å². The summed E-state index contributed by atoms with van der Waals surface area (Å²) in [6, 6.07) is 14.2. The fourth-order valence-corrected chi connectivity index (χ4v) is 3.41. The maximum absolute atomic E-state index is 13.0. The zero-order chi connectivity index (χ0) is 18.3. The lowest BCUT2D eigenvalue weighted by molar-refractivity contribution is 0.101. The molecule has 4 rings (SSSR count). The van der Waals surface area contributed by atoms with Gasteiger partial charge in [-0.2, -0.15) is 0 Å². The topological polar surface area (TPSA) is 60.4 Å². The molecule has 2 heterocycles. The smallest absolute Gasteiger partial charge is 0.336 e. The van der Waals surface area contributed by atoms with Crippen molar-refractivity contribution in [1.29, 1.82) is 0 Å². The highest BCUT2D eigenvalue weighted by Crippen LogP contribution is 2.35. The van der Waals surface area contributed by atoms with Crippen molar-refractivity contribution in [1.82, 2.24) is 0 Å². The van der Waals surface area contributed by atoms with Gasteiger partial charge in [0.05, 0.1) is 5.39 Å².